The van der Waals surface area contributed by atoms with Crippen LogP contribution in [-0.4, -0.2) is 14.4 Å². The molecule has 0 atom stereocenters. The van der Waals surface area contributed by atoms with E-state index < -0.39 is 7.25 Å². The van der Waals surface area contributed by atoms with Gasteiger partial charge in [-0.15, -0.1) is 0 Å². The first-order valence-electron chi connectivity index (χ1n) is 5.39. The summed E-state index contributed by atoms with van der Waals surface area (Å²) in [5.41, 5.74) is 2.20. The van der Waals surface area contributed by atoms with E-state index in [0.717, 1.165) is 11.3 Å². The van der Waals surface area contributed by atoms with Crippen LogP contribution in [0.4, 0.5) is 17.3 Å². The molecule has 2 rings (SSSR count). The molecule has 2 aromatic rings. The Labute approximate surface area is 108 Å². The van der Waals surface area contributed by atoms with Gasteiger partial charge in [0.2, 0.25) is 6.20 Å². The Bertz CT molecular complexity index is 499. The number of nitrogens with zero attached hydrogens (tertiary/aromatic N) is 1. The predicted molar refractivity (Wildman–Crippen MR) is 64.8 cm³/mol. The summed E-state index contributed by atoms with van der Waals surface area (Å²) in [6.45, 7) is 0. The average Bonchev–Trinajstić information content (AvgIpc) is 2.38. The van der Waals surface area contributed by atoms with Crippen LogP contribution in [0.5, 0.6) is 0 Å². The summed E-state index contributed by atoms with van der Waals surface area (Å²) in [6, 6.07) is 16.1. The van der Waals surface area contributed by atoms with Gasteiger partial charge in [0.1, 0.15) is 7.11 Å². The topological polar surface area (TPSA) is 13.1 Å². The maximum absolute atomic E-state index is 9.75. The van der Waals surface area contributed by atoms with Crippen molar-refractivity contribution in [3.8, 4) is 11.3 Å². The molecule has 19 heavy (non-hydrogen) atoms. The van der Waals surface area contributed by atoms with Crippen molar-refractivity contribution < 1.29 is 26.8 Å². The second-order valence-corrected chi connectivity index (χ2v) is 3.46. The maximum Gasteiger partial charge on any atom is 0.673 e. The van der Waals surface area contributed by atoms with Crippen LogP contribution in [0.1, 0.15) is 0 Å². The van der Waals surface area contributed by atoms with E-state index in [1.54, 1.807) is 11.8 Å². The largest absolute Gasteiger partial charge is 0.673 e. The number of hydrogen-bond donors (Lipinski definition) is 0. The number of benzene rings is 1. The Morgan fingerprint density at radius 1 is 0.895 bits per heavy atom. The van der Waals surface area contributed by atoms with Crippen LogP contribution in [0, 0.1) is 0 Å². The van der Waals surface area contributed by atoms with Gasteiger partial charge in [-0.25, -0.2) is 0 Å². The third-order valence-electron chi connectivity index (χ3n) is 2.09. The summed E-state index contributed by atoms with van der Waals surface area (Å²) in [5, 5.41) is 0. The minimum atomic E-state index is -6.00. The molecule has 0 aliphatic heterocycles. The zero-order chi connectivity index (χ0) is 14.3. The van der Waals surface area contributed by atoms with E-state index in [0.29, 0.717) is 0 Å². The molecule has 0 saturated carbocycles. The van der Waals surface area contributed by atoms with E-state index in [1.807, 2.05) is 42.6 Å². The molecule has 2 nitrogen and oxygen atoms in total. The molecular weight excluding hydrogens is 261 g/mol. The van der Waals surface area contributed by atoms with Crippen LogP contribution in [0.3, 0.4) is 0 Å². The van der Waals surface area contributed by atoms with Crippen molar-refractivity contribution in [1.29, 1.82) is 0 Å². The lowest BCUT2D eigenvalue weighted by atomic mass is 10.1. The highest BCUT2D eigenvalue weighted by Crippen LogP contribution is 2.13. The summed E-state index contributed by atoms with van der Waals surface area (Å²) < 4.78 is 40.7. The van der Waals surface area contributed by atoms with Crippen molar-refractivity contribution >= 4 is 7.25 Å². The van der Waals surface area contributed by atoms with E-state index in [-0.39, 0.29) is 0 Å². The highest BCUT2D eigenvalue weighted by Gasteiger charge is 2.20. The first-order valence-corrected chi connectivity index (χ1v) is 5.39. The first-order chi connectivity index (χ1) is 8.92. The quantitative estimate of drug-likeness (QED) is 0.465. The molecular formula is C12H12BF4NO. The lowest BCUT2D eigenvalue weighted by Gasteiger charge is -1.98. The standard InChI is InChI=1S/C12H12NO.BF4/c1-14-13-10-6-5-9-12(13)11-7-3-2-4-8-11;2-1(3,4)5/h2-10H,1H3;/q+1;-1. The van der Waals surface area contributed by atoms with Crippen molar-refractivity contribution in [3.05, 3.63) is 54.7 Å². The zero-order valence-electron chi connectivity index (χ0n) is 10.1. The highest BCUT2D eigenvalue weighted by atomic mass is 19.5. The summed E-state index contributed by atoms with van der Waals surface area (Å²) in [4.78, 5) is 5.22. The Morgan fingerprint density at radius 3 is 1.95 bits per heavy atom. The molecule has 1 aromatic heterocycles. The van der Waals surface area contributed by atoms with Gasteiger partial charge in [-0.2, -0.15) is 0 Å². The van der Waals surface area contributed by atoms with E-state index in [4.69, 9.17) is 4.84 Å². The Balaban J connectivity index is 0.000000312. The molecule has 0 aliphatic rings. The van der Waals surface area contributed by atoms with E-state index >= 15 is 0 Å². The van der Waals surface area contributed by atoms with Crippen LogP contribution in [0.2, 0.25) is 0 Å². The molecule has 0 unspecified atom stereocenters. The molecule has 0 saturated heterocycles. The molecule has 1 heterocycles. The zero-order valence-corrected chi connectivity index (χ0v) is 10.1. The summed E-state index contributed by atoms with van der Waals surface area (Å²) in [7, 11) is -4.34. The molecule has 0 bridgehead atoms. The molecule has 0 radical (unpaired) electrons. The van der Waals surface area contributed by atoms with Crippen molar-refractivity contribution in [2.45, 2.75) is 0 Å². The summed E-state index contributed by atoms with van der Waals surface area (Å²) in [5.74, 6) is 0. The molecule has 0 amide bonds. The third kappa shape index (κ3) is 5.90. The predicted octanol–water partition coefficient (Wildman–Crippen LogP) is 3.00. The van der Waals surface area contributed by atoms with Gasteiger partial charge >= 0.3 is 7.25 Å². The lowest BCUT2D eigenvalue weighted by molar-refractivity contribution is -0.876. The average molecular weight is 273 g/mol. The number of pyridine rings is 1. The SMILES string of the molecule is CO[n+]1ccccc1-c1ccccc1.F[B-](F)(F)F. The van der Waals surface area contributed by atoms with Gasteiger partial charge < -0.3 is 17.3 Å². The van der Waals surface area contributed by atoms with Crippen LogP contribution in [0.15, 0.2) is 54.7 Å². The number of hydrogen-bond acceptors (Lipinski definition) is 1. The minimum absolute atomic E-state index is 1.05. The summed E-state index contributed by atoms with van der Waals surface area (Å²) in [6.07, 6.45) is 1.89. The third-order valence-corrected chi connectivity index (χ3v) is 2.09. The first kappa shape index (κ1) is 15.0. The van der Waals surface area contributed by atoms with Gasteiger partial charge in [0.25, 0.3) is 5.69 Å². The van der Waals surface area contributed by atoms with Gasteiger partial charge in [0, 0.05) is 16.9 Å². The number of rotatable bonds is 2. The normalized spacial score (nSPS) is 10.4. The van der Waals surface area contributed by atoms with Crippen LogP contribution >= 0.6 is 0 Å². The van der Waals surface area contributed by atoms with Crippen LogP contribution in [-0.2, 0) is 0 Å². The smallest absolute Gasteiger partial charge is 0.418 e. The van der Waals surface area contributed by atoms with Gasteiger partial charge in [-0.05, 0) is 18.2 Å². The minimum Gasteiger partial charge on any atom is -0.418 e. The fourth-order valence-corrected chi connectivity index (χ4v) is 1.42. The molecule has 0 fully saturated rings. The molecule has 0 N–H and O–H groups in total. The van der Waals surface area contributed by atoms with Gasteiger partial charge in [0.15, 0.2) is 0 Å². The highest BCUT2D eigenvalue weighted by molar-refractivity contribution is 6.50. The van der Waals surface area contributed by atoms with Crippen molar-refractivity contribution in [2.75, 3.05) is 7.11 Å². The Morgan fingerprint density at radius 2 is 1.42 bits per heavy atom. The molecule has 1 aromatic carbocycles. The number of halogens is 4. The van der Waals surface area contributed by atoms with Crippen molar-refractivity contribution in [1.82, 2.24) is 0 Å². The lowest BCUT2D eigenvalue weighted by Crippen LogP contribution is -2.42. The Hall–Kier alpha value is -2.05. The van der Waals surface area contributed by atoms with Gasteiger partial charge in [-0.3, -0.25) is 4.84 Å². The second-order valence-electron chi connectivity index (χ2n) is 3.46. The molecule has 0 aliphatic carbocycles. The molecule has 7 heteroatoms. The second kappa shape index (κ2) is 6.77. The van der Waals surface area contributed by atoms with E-state index in [9.17, 15) is 17.3 Å². The molecule has 102 valence electrons. The fourth-order valence-electron chi connectivity index (χ4n) is 1.42. The maximum atomic E-state index is 9.75. The van der Waals surface area contributed by atoms with E-state index in [2.05, 4.69) is 12.1 Å². The fraction of sp³-hybridized carbons (Fsp3) is 0.0833. The van der Waals surface area contributed by atoms with Crippen LogP contribution < -0.4 is 9.57 Å². The van der Waals surface area contributed by atoms with Gasteiger partial charge in [0.05, 0.1) is 5.56 Å². The Kier molecular flexibility index (Phi) is 5.35. The van der Waals surface area contributed by atoms with Gasteiger partial charge in [-0.1, -0.05) is 18.2 Å². The van der Waals surface area contributed by atoms with E-state index in [1.165, 1.54) is 0 Å². The number of aromatic nitrogens is 1. The molecule has 0 spiro atoms. The van der Waals surface area contributed by atoms with Crippen LogP contribution in [0.25, 0.3) is 11.3 Å². The van der Waals surface area contributed by atoms with Crippen molar-refractivity contribution in [3.63, 3.8) is 0 Å². The summed E-state index contributed by atoms with van der Waals surface area (Å²) >= 11 is 0. The van der Waals surface area contributed by atoms with Crippen molar-refractivity contribution in [2.24, 2.45) is 0 Å². The monoisotopic (exact) mass is 273 g/mol.